The van der Waals surface area contributed by atoms with Crippen molar-refractivity contribution in [2.45, 2.75) is 30.5 Å². The van der Waals surface area contributed by atoms with Crippen molar-refractivity contribution in [1.82, 2.24) is 4.31 Å². The Bertz CT molecular complexity index is 1020. The van der Waals surface area contributed by atoms with Crippen molar-refractivity contribution in [1.29, 1.82) is 0 Å². The van der Waals surface area contributed by atoms with Gasteiger partial charge in [-0.3, -0.25) is 4.79 Å². The third-order valence-electron chi connectivity index (χ3n) is 4.57. The molecule has 1 heterocycles. The standard InChI is InChI=1S/C19H19F3N2O4S/c20-19(21,22)14-5-3-4-13(10-14)12-28-17-7-6-15(11-16(17)18(23)25)29(26,27)24-8-1-2-9-24/h3-7,10-11H,1-2,8-9,12H2,(H2,23,25). The second-order valence-corrected chi connectivity index (χ2v) is 8.56. The third-order valence-corrected chi connectivity index (χ3v) is 6.46. The molecule has 1 saturated heterocycles. The van der Waals surface area contributed by atoms with Crippen LogP contribution in [0.3, 0.4) is 0 Å². The molecule has 0 bridgehead atoms. The largest absolute Gasteiger partial charge is 0.488 e. The maximum Gasteiger partial charge on any atom is 0.416 e. The Kier molecular flexibility index (Phi) is 5.85. The summed E-state index contributed by atoms with van der Waals surface area (Å²) < 4.78 is 70.6. The molecule has 0 unspecified atom stereocenters. The normalized spacial score (nSPS) is 15.4. The number of hydrogen-bond acceptors (Lipinski definition) is 4. The Morgan fingerprint density at radius 3 is 2.41 bits per heavy atom. The lowest BCUT2D eigenvalue weighted by atomic mass is 10.1. The molecule has 156 valence electrons. The summed E-state index contributed by atoms with van der Waals surface area (Å²) in [4.78, 5) is 11.7. The van der Waals surface area contributed by atoms with E-state index in [1.165, 1.54) is 28.6 Å². The number of carbonyl (C=O) groups excluding carboxylic acids is 1. The van der Waals surface area contributed by atoms with E-state index in [0.29, 0.717) is 13.1 Å². The van der Waals surface area contributed by atoms with Gasteiger partial charge in [0.25, 0.3) is 5.91 Å². The highest BCUT2D eigenvalue weighted by Gasteiger charge is 2.31. The predicted molar refractivity (Wildman–Crippen MR) is 98.7 cm³/mol. The third kappa shape index (κ3) is 4.70. The van der Waals surface area contributed by atoms with E-state index in [1.807, 2.05) is 0 Å². The van der Waals surface area contributed by atoms with Gasteiger partial charge in [-0.25, -0.2) is 8.42 Å². The van der Waals surface area contributed by atoms with Gasteiger partial charge in [0.15, 0.2) is 0 Å². The Morgan fingerprint density at radius 1 is 1.10 bits per heavy atom. The van der Waals surface area contributed by atoms with E-state index in [9.17, 15) is 26.4 Å². The lowest BCUT2D eigenvalue weighted by molar-refractivity contribution is -0.137. The molecule has 29 heavy (non-hydrogen) atoms. The van der Waals surface area contributed by atoms with Crippen LogP contribution in [0.1, 0.15) is 34.3 Å². The Labute approximate surface area is 166 Å². The number of amides is 1. The van der Waals surface area contributed by atoms with E-state index in [2.05, 4.69) is 0 Å². The summed E-state index contributed by atoms with van der Waals surface area (Å²) in [6.07, 6.45) is -2.96. The van der Waals surface area contributed by atoms with Crippen LogP contribution in [-0.2, 0) is 22.8 Å². The van der Waals surface area contributed by atoms with Crippen LogP contribution in [0.15, 0.2) is 47.4 Å². The fourth-order valence-electron chi connectivity index (χ4n) is 3.06. The number of nitrogens with zero attached hydrogens (tertiary/aromatic N) is 1. The first-order valence-corrected chi connectivity index (χ1v) is 10.3. The summed E-state index contributed by atoms with van der Waals surface area (Å²) in [6.45, 7) is 0.562. The molecule has 0 saturated carbocycles. The van der Waals surface area contributed by atoms with Gasteiger partial charge in [0, 0.05) is 13.1 Å². The van der Waals surface area contributed by atoms with Crippen LogP contribution < -0.4 is 10.5 Å². The van der Waals surface area contributed by atoms with Gasteiger partial charge in [-0.1, -0.05) is 12.1 Å². The monoisotopic (exact) mass is 428 g/mol. The SMILES string of the molecule is NC(=O)c1cc(S(=O)(=O)N2CCCC2)ccc1OCc1cccc(C(F)(F)F)c1. The fraction of sp³-hybridized carbons (Fsp3) is 0.316. The van der Waals surface area contributed by atoms with E-state index in [4.69, 9.17) is 10.5 Å². The predicted octanol–water partition coefficient (Wildman–Crippen LogP) is 3.17. The second kappa shape index (κ2) is 8.03. The smallest absolute Gasteiger partial charge is 0.416 e. The maximum absolute atomic E-state index is 12.8. The molecular weight excluding hydrogens is 409 g/mol. The van der Waals surface area contributed by atoms with Crippen LogP contribution in [-0.4, -0.2) is 31.7 Å². The average Bonchev–Trinajstić information content (AvgIpc) is 3.21. The number of alkyl halides is 3. The second-order valence-electron chi connectivity index (χ2n) is 6.62. The van der Waals surface area contributed by atoms with Crippen LogP contribution in [0.2, 0.25) is 0 Å². The summed E-state index contributed by atoms with van der Waals surface area (Å²) in [5.41, 5.74) is 4.62. The van der Waals surface area contributed by atoms with Crippen molar-refractivity contribution in [3.63, 3.8) is 0 Å². The van der Waals surface area contributed by atoms with E-state index in [0.717, 1.165) is 31.0 Å². The minimum Gasteiger partial charge on any atom is -0.488 e. The molecule has 0 aliphatic carbocycles. The fourth-order valence-corrected chi connectivity index (χ4v) is 4.61. The lowest BCUT2D eigenvalue weighted by Gasteiger charge is -2.17. The van der Waals surface area contributed by atoms with Crippen molar-refractivity contribution < 1.29 is 31.1 Å². The lowest BCUT2D eigenvalue weighted by Crippen LogP contribution is -2.28. The topological polar surface area (TPSA) is 89.7 Å². The van der Waals surface area contributed by atoms with E-state index < -0.39 is 27.7 Å². The molecule has 1 fully saturated rings. The summed E-state index contributed by atoms with van der Waals surface area (Å²) in [5, 5.41) is 0. The average molecular weight is 428 g/mol. The zero-order chi connectivity index (χ0) is 21.2. The van der Waals surface area contributed by atoms with Crippen molar-refractivity contribution in [3.05, 3.63) is 59.2 Å². The summed E-state index contributed by atoms with van der Waals surface area (Å²) in [5.74, 6) is -0.905. The van der Waals surface area contributed by atoms with Crippen LogP contribution in [0.4, 0.5) is 13.2 Å². The van der Waals surface area contributed by atoms with Gasteiger partial charge in [-0.2, -0.15) is 17.5 Å². The van der Waals surface area contributed by atoms with Gasteiger partial charge in [0.2, 0.25) is 10.0 Å². The molecule has 3 rings (SSSR count). The number of halogens is 3. The highest BCUT2D eigenvalue weighted by molar-refractivity contribution is 7.89. The molecule has 2 aromatic carbocycles. The number of primary amides is 1. The first-order valence-electron chi connectivity index (χ1n) is 8.82. The number of rotatable bonds is 6. The number of benzene rings is 2. The van der Waals surface area contributed by atoms with Crippen LogP contribution in [0.5, 0.6) is 5.75 Å². The molecule has 0 aromatic heterocycles. The molecule has 1 amide bonds. The summed E-state index contributed by atoms with van der Waals surface area (Å²) >= 11 is 0. The number of carbonyl (C=O) groups is 1. The highest BCUT2D eigenvalue weighted by atomic mass is 32.2. The van der Waals surface area contributed by atoms with Gasteiger partial charge in [-0.05, 0) is 48.7 Å². The van der Waals surface area contributed by atoms with Crippen molar-refractivity contribution in [2.24, 2.45) is 5.73 Å². The molecule has 0 atom stereocenters. The van der Waals surface area contributed by atoms with Crippen molar-refractivity contribution in [2.75, 3.05) is 13.1 Å². The molecule has 10 heteroatoms. The van der Waals surface area contributed by atoms with Gasteiger partial charge >= 0.3 is 6.18 Å². The maximum atomic E-state index is 12.8. The van der Waals surface area contributed by atoms with Gasteiger partial charge in [-0.15, -0.1) is 0 Å². The van der Waals surface area contributed by atoms with E-state index in [1.54, 1.807) is 0 Å². The van der Waals surface area contributed by atoms with Gasteiger partial charge in [0.1, 0.15) is 12.4 Å². The van der Waals surface area contributed by atoms with E-state index in [-0.39, 0.29) is 28.4 Å². The number of ether oxygens (including phenoxy) is 1. The van der Waals surface area contributed by atoms with Crippen molar-refractivity contribution >= 4 is 15.9 Å². The highest BCUT2D eigenvalue weighted by Crippen LogP contribution is 2.30. The molecule has 2 aromatic rings. The number of nitrogens with two attached hydrogens (primary N) is 1. The zero-order valence-corrected chi connectivity index (χ0v) is 16.1. The molecular formula is C19H19F3N2O4S. The molecule has 1 aliphatic heterocycles. The van der Waals surface area contributed by atoms with Crippen LogP contribution in [0.25, 0.3) is 0 Å². The van der Waals surface area contributed by atoms with Crippen molar-refractivity contribution in [3.8, 4) is 5.75 Å². The number of hydrogen-bond donors (Lipinski definition) is 1. The minimum absolute atomic E-state index is 0.00437. The van der Waals surface area contributed by atoms with Gasteiger partial charge < -0.3 is 10.5 Å². The molecule has 0 radical (unpaired) electrons. The summed E-state index contributed by atoms with van der Waals surface area (Å²) in [6, 6.07) is 8.30. The molecule has 2 N–H and O–H groups in total. The Morgan fingerprint density at radius 2 is 1.79 bits per heavy atom. The number of sulfonamides is 1. The molecule has 1 aliphatic rings. The summed E-state index contributed by atoms with van der Waals surface area (Å²) in [7, 11) is -3.76. The quantitative estimate of drug-likeness (QED) is 0.765. The Hall–Kier alpha value is -2.59. The van der Waals surface area contributed by atoms with Gasteiger partial charge in [0.05, 0.1) is 16.0 Å². The minimum atomic E-state index is -4.49. The first-order chi connectivity index (χ1) is 13.6. The molecule has 6 nitrogen and oxygen atoms in total. The molecule has 0 spiro atoms. The first kappa shape index (κ1) is 21.1. The zero-order valence-electron chi connectivity index (χ0n) is 15.3. The van der Waals surface area contributed by atoms with Crippen LogP contribution in [0, 0.1) is 0 Å². The van der Waals surface area contributed by atoms with E-state index >= 15 is 0 Å². The van der Waals surface area contributed by atoms with Crippen LogP contribution >= 0.6 is 0 Å². The Balaban J connectivity index is 1.84.